The summed E-state index contributed by atoms with van der Waals surface area (Å²) in [5.74, 6) is 0.555. The van der Waals surface area contributed by atoms with Gasteiger partial charge in [-0.3, -0.25) is 19.6 Å². The highest BCUT2D eigenvalue weighted by Crippen LogP contribution is 2.35. The number of carbonyl (C=O) groups is 1. The molecule has 4 rings (SSSR count). The molecule has 24 heavy (non-hydrogen) atoms. The minimum Gasteiger partial charge on any atom is -0.345 e. The standard InChI is InChI=1S/C16H16N6OS/c23-15(12-8-18-20-14(12)10-4-2-1-3-5-10)17-9-13-19-21-16(24)22(13)11-6-7-11/h1-5,8,11H,6-7,9H2,(H,17,23)(H,18,20)(H,21,24). The minimum absolute atomic E-state index is 0.195. The molecule has 122 valence electrons. The molecule has 1 aliphatic rings. The molecule has 0 radical (unpaired) electrons. The molecule has 2 heterocycles. The van der Waals surface area contributed by atoms with Crippen LogP contribution in [0.3, 0.4) is 0 Å². The number of H-pyrrole nitrogens is 2. The summed E-state index contributed by atoms with van der Waals surface area (Å²) in [5, 5.41) is 16.8. The van der Waals surface area contributed by atoms with Crippen molar-refractivity contribution in [3.8, 4) is 11.3 Å². The number of benzene rings is 1. The fourth-order valence-electron chi connectivity index (χ4n) is 2.71. The average molecular weight is 340 g/mol. The Hall–Kier alpha value is -2.74. The van der Waals surface area contributed by atoms with Crippen LogP contribution in [0.1, 0.15) is 35.1 Å². The highest BCUT2D eigenvalue weighted by molar-refractivity contribution is 7.71. The molecular weight excluding hydrogens is 324 g/mol. The van der Waals surface area contributed by atoms with E-state index in [2.05, 4.69) is 25.7 Å². The summed E-state index contributed by atoms with van der Waals surface area (Å²) in [6, 6.07) is 10.1. The van der Waals surface area contributed by atoms with E-state index in [1.165, 1.54) is 6.20 Å². The first-order valence-corrected chi connectivity index (χ1v) is 8.17. The molecule has 0 unspecified atom stereocenters. The normalized spacial score (nSPS) is 13.8. The summed E-state index contributed by atoms with van der Waals surface area (Å²) in [6.07, 6.45) is 3.75. The monoisotopic (exact) mass is 340 g/mol. The van der Waals surface area contributed by atoms with E-state index in [-0.39, 0.29) is 5.91 Å². The Kier molecular flexibility index (Phi) is 3.73. The van der Waals surface area contributed by atoms with Crippen LogP contribution in [0.4, 0.5) is 0 Å². The number of aromatic amines is 2. The highest BCUT2D eigenvalue weighted by atomic mass is 32.1. The van der Waals surface area contributed by atoms with Crippen LogP contribution in [0.25, 0.3) is 11.3 Å². The lowest BCUT2D eigenvalue weighted by molar-refractivity contribution is 0.0950. The summed E-state index contributed by atoms with van der Waals surface area (Å²) in [6.45, 7) is 0.321. The zero-order chi connectivity index (χ0) is 16.5. The first-order chi connectivity index (χ1) is 11.7. The molecule has 0 saturated heterocycles. The van der Waals surface area contributed by atoms with Crippen molar-refractivity contribution in [2.75, 3.05) is 0 Å². The summed E-state index contributed by atoms with van der Waals surface area (Å²) >= 11 is 5.25. The zero-order valence-corrected chi connectivity index (χ0v) is 13.6. The summed E-state index contributed by atoms with van der Waals surface area (Å²) in [4.78, 5) is 12.5. The van der Waals surface area contributed by atoms with Crippen molar-refractivity contribution in [3.05, 3.63) is 52.7 Å². The molecule has 1 aromatic carbocycles. The fourth-order valence-corrected chi connectivity index (χ4v) is 3.01. The second-order valence-corrected chi connectivity index (χ2v) is 6.14. The van der Waals surface area contributed by atoms with E-state index in [1.54, 1.807) is 0 Å². The second-order valence-electron chi connectivity index (χ2n) is 5.75. The van der Waals surface area contributed by atoms with Crippen LogP contribution < -0.4 is 5.32 Å². The molecule has 0 aliphatic heterocycles. The first-order valence-electron chi connectivity index (χ1n) is 7.77. The van der Waals surface area contributed by atoms with Crippen molar-refractivity contribution >= 4 is 18.1 Å². The molecule has 0 spiro atoms. The predicted octanol–water partition coefficient (Wildman–Crippen LogP) is 2.60. The van der Waals surface area contributed by atoms with Gasteiger partial charge in [0.25, 0.3) is 5.91 Å². The maximum atomic E-state index is 12.5. The number of nitrogens with one attached hydrogen (secondary N) is 3. The van der Waals surface area contributed by atoms with Gasteiger partial charge in [0.2, 0.25) is 0 Å². The molecule has 0 atom stereocenters. The molecule has 8 heteroatoms. The van der Waals surface area contributed by atoms with Crippen LogP contribution in [0.15, 0.2) is 36.5 Å². The van der Waals surface area contributed by atoms with Crippen molar-refractivity contribution in [1.82, 2.24) is 30.3 Å². The molecule has 1 aliphatic carbocycles. The van der Waals surface area contributed by atoms with Crippen molar-refractivity contribution in [1.29, 1.82) is 0 Å². The van der Waals surface area contributed by atoms with E-state index < -0.39 is 0 Å². The van der Waals surface area contributed by atoms with Crippen molar-refractivity contribution in [2.45, 2.75) is 25.4 Å². The van der Waals surface area contributed by atoms with Crippen molar-refractivity contribution in [3.63, 3.8) is 0 Å². The van der Waals surface area contributed by atoms with Gasteiger partial charge in [0.1, 0.15) is 0 Å². The van der Waals surface area contributed by atoms with Gasteiger partial charge in [-0.05, 0) is 25.1 Å². The molecule has 1 saturated carbocycles. The Morgan fingerprint density at radius 2 is 2.08 bits per heavy atom. The van der Waals surface area contributed by atoms with E-state index in [1.807, 2.05) is 34.9 Å². The highest BCUT2D eigenvalue weighted by Gasteiger charge is 2.27. The average Bonchev–Trinajstić information content (AvgIpc) is 3.19. The number of amides is 1. The van der Waals surface area contributed by atoms with E-state index in [9.17, 15) is 4.79 Å². The van der Waals surface area contributed by atoms with Crippen LogP contribution in [-0.4, -0.2) is 30.9 Å². The van der Waals surface area contributed by atoms with Gasteiger partial charge in [-0.15, -0.1) is 0 Å². The van der Waals surface area contributed by atoms with Crippen LogP contribution in [-0.2, 0) is 6.54 Å². The van der Waals surface area contributed by atoms with E-state index in [0.29, 0.717) is 28.6 Å². The Balaban J connectivity index is 1.52. The van der Waals surface area contributed by atoms with E-state index in [4.69, 9.17) is 12.2 Å². The molecule has 0 bridgehead atoms. The zero-order valence-electron chi connectivity index (χ0n) is 12.8. The lowest BCUT2D eigenvalue weighted by atomic mass is 10.1. The molecule has 2 aromatic heterocycles. The topological polar surface area (TPSA) is 91.4 Å². The van der Waals surface area contributed by atoms with Gasteiger partial charge in [0.15, 0.2) is 10.6 Å². The maximum Gasteiger partial charge on any atom is 0.255 e. The summed E-state index contributed by atoms with van der Waals surface area (Å²) in [7, 11) is 0. The summed E-state index contributed by atoms with van der Waals surface area (Å²) < 4.78 is 2.60. The fraction of sp³-hybridized carbons (Fsp3) is 0.250. The Bertz CT molecular complexity index is 921. The van der Waals surface area contributed by atoms with Gasteiger partial charge in [-0.25, -0.2) is 0 Å². The van der Waals surface area contributed by atoms with Crippen LogP contribution in [0, 0.1) is 4.77 Å². The number of hydrogen-bond donors (Lipinski definition) is 3. The molecule has 7 nitrogen and oxygen atoms in total. The third kappa shape index (κ3) is 2.76. The third-order valence-corrected chi connectivity index (χ3v) is 4.33. The van der Waals surface area contributed by atoms with Crippen LogP contribution >= 0.6 is 12.2 Å². The maximum absolute atomic E-state index is 12.5. The first kappa shape index (κ1) is 14.8. The smallest absolute Gasteiger partial charge is 0.255 e. The van der Waals surface area contributed by atoms with Crippen LogP contribution in [0.2, 0.25) is 0 Å². The van der Waals surface area contributed by atoms with Gasteiger partial charge in [-0.1, -0.05) is 30.3 Å². The Morgan fingerprint density at radius 3 is 2.83 bits per heavy atom. The number of rotatable bonds is 5. The van der Waals surface area contributed by atoms with Crippen molar-refractivity contribution in [2.24, 2.45) is 0 Å². The molecule has 3 N–H and O–H groups in total. The lowest BCUT2D eigenvalue weighted by Gasteiger charge is -2.07. The summed E-state index contributed by atoms with van der Waals surface area (Å²) in [5.41, 5.74) is 2.13. The number of hydrogen-bond acceptors (Lipinski definition) is 4. The Labute approximate surface area is 143 Å². The van der Waals surface area contributed by atoms with Crippen molar-refractivity contribution < 1.29 is 4.79 Å². The number of aromatic nitrogens is 5. The lowest BCUT2D eigenvalue weighted by Crippen LogP contribution is -2.25. The van der Waals surface area contributed by atoms with Crippen LogP contribution in [0.5, 0.6) is 0 Å². The van der Waals surface area contributed by atoms with Gasteiger partial charge >= 0.3 is 0 Å². The van der Waals surface area contributed by atoms with Gasteiger partial charge in [-0.2, -0.15) is 10.2 Å². The van der Waals surface area contributed by atoms with E-state index in [0.717, 1.165) is 24.2 Å². The number of carbonyl (C=O) groups excluding carboxylic acids is 1. The molecule has 1 amide bonds. The Morgan fingerprint density at radius 1 is 1.29 bits per heavy atom. The largest absolute Gasteiger partial charge is 0.345 e. The van der Waals surface area contributed by atoms with E-state index >= 15 is 0 Å². The van der Waals surface area contributed by atoms with Gasteiger partial charge < -0.3 is 5.32 Å². The van der Waals surface area contributed by atoms with Gasteiger partial charge in [0.05, 0.1) is 24.0 Å². The van der Waals surface area contributed by atoms with Gasteiger partial charge in [0, 0.05) is 11.6 Å². The molecular formula is C16H16N6OS. The SMILES string of the molecule is O=C(NCc1n[nH]c(=S)n1C1CC1)c1cn[nH]c1-c1ccccc1. The third-order valence-electron chi connectivity index (χ3n) is 4.04. The number of nitrogens with zero attached hydrogens (tertiary/aromatic N) is 3. The minimum atomic E-state index is -0.195. The predicted molar refractivity (Wildman–Crippen MR) is 90.9 cm³/mol. The second kappa shape index (κ2) is 6.04. The molecule has 1 fully saturated rings. The quantitative estimate of drug-likeness (QED) is 0.623. The molecule has 3 aromatic rings.